The van der Waals surface area contributed by atoms with Gasteiger partial charge in [-0.1, -0.05) is 13.8 Å². The third-order valence-electron chi connectivity index (χ3n) is 3.97. The first-order valence-corrected chi connectivity index (χ1v) is 7.41. The molecule has 0 aromatic carbocycles. The van der Waals surface area contributed by atoms with E-state index in [2.05, 4.69) is 29.0 Å². The van der Waals surface area contributed by atoms with Gasteiger partial charge in [0, 0.05) is 39.7 Å². The third-order valence-corrected chi connectivity index (χ3v) is 3.97. The van der Waals surface area contributed by atoms with Crippen LogP contribution in [-0.2, 0) is 16.1 Å². The lowest BCUT2D eigenvalue weighted by Crippen LogP contribution is -2.43. The zero-order valence-electron chi connectivity index (χ0n) is 13.3. The molecular formula is C15H25N3O3. The summed E-state index contributed by atoms with van der Waals surface area (Å²) in [7, 11) is 1.54. The number of carbonyl (C=O) groups is 1. The van der Waals surface area contributed by atoms with Gasteiger partial charge in [0.1, 0.15) is 12.9 Å². The van der Waals surface area contributed by atoms with Gasteiger partial charge in [0.05, 0.1) is 5.69 Å². The van der Waals surface area contributed by atoms with Gasteiger partial charge in [-0.3, -0.25) is 9.69 Å². The van der Waals surface area contributed by atoms with E-state index in [0.717, 1.165) is 25.3 Å². The summed E-state index contributed by atoms with van der Waals surface area (Å²) in [5, 5.41) is 3.08. The third kappa shape index (κ3) is 4.28. The van der Waals surface area contributed by atoms with Crippen LogP contribution in [0.5, 0.6) is 0 Å². The van der Waals surface area contributed by atoms with E-state index in [4.69, 9.17) is 9.15 Å². The van der Waals surface area contributed by atoms with Crippen LogP contribution in [0.15, 0.2) is 10.7 Å². The number of methoxy groups -OCH3 is 1. The number of oxazole rings is 1. The Balaban J connectivity index is 1.95. The molecule has 1 aliphatic heterocycles. The maximum atomic E-state index is 11.8. The number of ether oxygens (including phenoxy) is 1. The number of likely N-dealkylation sites (tertiary alicyclic amines) is 1. The average Bonchev–Trinajstić information content (AvgIpc) is 2.97. The van der Waals surface area contributed by atoms with Crippen LogP contribution in [0.25, 0.3) is 0 Å². The van der Waals surface area contributed by atoms with Crippen molar-refractivity contribution in [3.05, 3.63) is 17.8 Å². The van der Waals surface area contributed by atoms with Gasteiger partial charge >= 0.3 is 0 Å². The normalized spacial score (nSPS) is 22.9. The van der Waals surface area contributed by atoms with Crippen LogP contribution in [0.2, 0.25) is 0 Å². The van der Waals surface area contributed by atoms with E-state index in [0.29, 0.717) is 17.7 Å². The highest BCUT2D eigenvalue weighted by Gasteiger charge is 2.35. The number of carbonyl (C=O) groups excluding carboxylic acids is 1. The fourth-order valence-electron chi connectivity index (χ4n) is 2.96. The topological polar surface area (TPSA) is 67.6 Å². The van der Waals surface area contributed by atoms with Gasteiger partial charge in [0.25, 0.3) is 0 Å². The smallest absolute Gasteiger partial charge is 0.246 e. The molecule has 1 aromatic rings. The fraction of sp³-hybridized carbons (Fsp3) is 0.733. The summed E-state index contributed by atoms with van der Waals surface area (Å²) in [6.45, 7) is 8.92. The fourth-order valence-corrected chi connectivity index (χ4v) is 2.96. The quantitative estimate of drug-likeness (QED) is 0.854. The number of rotatable bonds is 6. The van der Waals surface area contributed by atoms with E-state index in [1.165, 1.54) is 7.11 Å². The summed E-state index contributed by atoms with van der Waals surface area (Å²) in [6.07, 6.45) is 1.70. The summed E-state index contributed by atoms with van der Waals surface area (Å²) in [5.41, 5.74) is 0.943. The highest BCUT2D eigenvalue weighted by molar-refractivity contribution is 5.77. The van der Waals surface area contributed by atoms with Crippen LogP contribution in [0.3, 0.4) is 0 Å². The molecule has 6 heteroatoms. The molecular weight excluding hydrogens is 270 g/mol. The van der Waals surface area contributed by atoms with E-state index in [1.807, 2.05) is 6.92 Å². The molecule has 0 unspecified atom stereocenters. The van der Waals surface area contributed by atoms with Crippen molar-refractivity contribution in [3.63, 3.8) is 0 Å². The van der Waals surface area contributed by atoms with E-state index >= 15 is 0 Å². The predicted octanol–water partition coefficient (Wildman–Crippen LogP) is 1.20. The number of amides is 1. The van der Waals surface area contributed by atoms with Gasteiger partial charge in [-0.2, -0.15) is 0 Å². The molecule has 1 fully saturated rings. The van der Waals surface area contributed by atoms with Crippen molar-refractivity contribution in [2.45, 2.75) is 33.4 Å². The second-order valence-corrected chi connectivity index (χ2v) is 6.07. The SMILES string of the molecule is COCC(=O)N[C@H]1CN(Cc2coc(C)n2)C[C@@H]1C(C)C. The standard InChI is InChI=1S/C15H25N3O3/c1-10(2)13-6-18(5-12-8-21-11(3)16-12)7-14(13)17-15(19)9-20-4/h8,10,13-14H,5-7,9H2,1-4H3,(H,17,19)/t13-,14+/m1/s1. The molecule has 0 saturated carbocycles. The van der Waals surface area contributed by atoms with Crippen LogP contribution in [0, 0.1) is 18.8 Å². The largest absolute Gasteiger partial charge is 0.449 e. The molecule has 2 rings (SSSR count). The molecule has 1 aliphatic rings. The second kappa shape index (κ2) is 7.04. The van der Waals surface area contributed by atoms with E-state index in [-0.39, 0.29) is 18.6 Å². The summed E-state index contributed by atoms with van der Waals surface area (Å²) < 4.78 is 10.1. The van der Waals surface area contributed by atoms with E-state index < -0.39 is 0 Å². The summed E-state index contributed by atoms with van der Waals surface area (Å²) in [5.74, 6) is 1.60. The highest BCUT2D eigenvalue weighted by Crippen LogP contribution is 2.25. The lowest BCUT2D eigenvalue weighted by Gasteiger charge is -2.22. The Kier molecular flexibility index (Phi) is 5.36. The lowest BCUT2D eigenvalue weighted by atomic mass is 9.91. The minimum atomic E-state index is -0.0488. The maximum absolute atomic E-state index is 11.8. The second-order valence-electron chi connectivity index (χ2n) is 6.07. The van der Waals surface area contributed by atoms with Crippen LogP contribution in [0.1, 0.15) is 25.4 Å². The van der Waals surface area contributed by atoms with E-state index in [9.17, 15) is 4.79 Å². The molecule has 0 bridgehead atoms. The Bertz CT molecular complexity index is 472. The number of aromatic nitrogens is 1. The molecule has 1 amide bonds. The van der Waals surface area contributed by atoms with Crippen LogP contribution < -0.4 is 5.32 Å². The predicted molar refractivity (Wildman–Crippen MR) is 78.7 cm³/mol. The molecule has 1 aromatic heterocycles. The molecule has 2 heterocycles. The highest BCUT2D eigenvalue weighted by atomic mass is 16.5. The number of nitrogens with one attached hydrogen (secondary N) is 1. The minimum Gasteiger partial charge on any atom is -0.449 e. The van der Waals surface area contributed by atoms with Crippen molar-refractivity contribution in [3.8, 4) is 0 Å². The Morgan fingerprint density at radius 3 is 2.90 bits per heavy atom. The van der Waals surface area contributed by atoms with Gasteiger partial charge in [-0.05, 0) is 11.8 Å². The molecule has 0 radical (unpaired) electrons. The first-order chi connectivity index (χ1) is 9.99. The number of hydrogen-bond donors (Lipinski definition) is 1. The van der Waals surface area contributed by atoms with Crippen LogP contribution in [-0.4, -0.2) is 48.6 Å². The van der Waals surface area contributed by atoms with Gasteiger partial charge in [-0.25, -0.2) is 4.98 Å². The Labute approximate surface area is 125 Å². The minimum absolute atomic E-state index is 0.0488. The van der Waals surface area contributed by atoms with E-state index in [1.54, 1.807) is 6.26 Å². The van der Waals surface area contributed by atoms with Gasteiger partial charge in [-0.15, -0.1) is 0 Å². The van der Waals surface area contributed by atoms with Crippen molar-refractivity contribution in [1.82, 2.24) is 15.2 Å². The summed E-state index contributed by atoms with van der Waals surface area (Å²) >= 11 is 0. The zero-order valence-corrected chi connectivity index (χ0v) is 13.3. The number of hydrogen-bond acceptors (Lipinski definition) is 5. The van der Waals surface area contributed by atoms with Crippen molar-refractivity contribution >= 4 is 5.91 Å². The van der Waals surface area contributed by atoms with Crippen molar-refractivity contribution < 1.29 is 13.9 Å². The first-order valence-electron chi connectivity index (χ1n) is 7.41. The Morgan fingerprint density at radius 2 is 2.33 bits per heavy atom. The zero-order chi connectivity index (χ0) is 15.4. The summed E-state index contributed by atoms with van der Waals surface area (Å²) in [4.78, 5) is 18.4. The van der Waals surface area contributed by atoms with Crippen LogP contribution in [0.4, 0.5) is 0 Å². The molecule has 2 atom stereocenters. The van der Waals surface area contributed by atoms with Crippen molar-refractivity contribution in [2.75, 3.05) is 26.8 Å². The summed E-state index contributed by atoms with van der Waals surface area (Å²) in [6, 6.07) is 0.167. The van der Waals surface area contributed by atoms with Crippen molar-refractivity contribution in [2.24, 2.45) is 11.8 Å². The van der Waals surface area contributed by atoms with Crippen molar-refractivity contribution in [1.29, 1.82) is 0 Å². The maximum Gasteiger partial charge on any atom is 0.246 e. The molecule has 0 spiro atoms. The molecule has 118 valence electrons. The molecule has 0 aliphatic carbocycles. The Morgan fingerprint density at radius 1 is 1.57 bits per heavy atom. The Hall–Kier alpha value is -1.40. The van der Waals surface area contributed by atoms with Gasteiger partial charge in [0.2, 0.25) is 5.91 Å². The van der Waals surface area contributed by atoms with Crippen LogP contribution >= 0.6 is 0 Å². The number of nitrogens with zero attached hydrogens (tertiary/aromatic N) is 2. The molecule has 1 N–H and O–H groups in total. The monoisotopic (exact) mass is 295 g/mol. The van der Waals surface area contributed by atoms with Gasteiger partial charge in [0.15, 0.2) is 5.89 Å². The molecule has 1 saturated heterocycles. The first kappa shape index (κ1) is 16.0. The average molecular weight is 295 g/mol. The lowest BCUT2D eigenvalue weighted by molar-refractivity contribution is -0.125. The molecule has 21 heavy (non-hydrogen) atoms. The molecule has 6 nitrogen and oxygen atoms in total. The number of aryl methyl sites for hydroxylation is 1. The van der Waals surface area contributed by atoms with Gasteiger partial charge < -0.3 is 14.5 Å².